The summed E-state index contributed by atoms with van der Waals surface area (Å²) in [6, 6.07) is 36.7. The van der Waals surface area contributed by atoms with E-state index in [-0.39, 0.29) is 5.56 Å². The highest BCUT2D eigenvalue weighted by Gasteiger charge is 2.19. The summed E-state index contributed by atoms with van der Waals surface area (Å²) in [7, 11) is 0. The number of fused-ring (bicyclic) bond motifs is 2. The molecule has 0 amide bonds. The van der Waals surface area contributed by atoms with Gasteiger partial charge in [-0.1, -0.05) is 96.6 Å². The van der Waals surface area contributed by atoms with Crippen molar-refractivity contribution in [1.82, 2.24) is 9.97 Å². The van der Waals surface area contributed by atoms with Gasteiger partial charge in [-0.2, -0.15) is 0 Å². The summed E-state index contributed by atoms with van der Waals surface area (Å²) in [5, 5.41) is 2.06. The second-order valence-corrected chi connectivity index (χ2v) is 8.55. The van der Waals surface area contributed by atoms with Crippen LogP contribution in [0.5, 0.6) is 0 Å². The van der Waals surface area contributed by atoms with Gasteiger partial charge in [0, 0.05) is 21.9 Å². The number of aromatic nitrogens is 2. The molecule has 34 heavy (non-hydrogen) atoms. The van der Waals surface area contributed by atoms with Gasteiger partial charge in [0.15, 0.2) is 0 Å². The molecule has 2 heterocycles. The van der Waals surface area contributed by atoms with Gasteiger partial charge >= 0.3 is 0 Å². The van der Waals surface area contributed by atoms with Crippen LogP contribution in [0.25, 0.3) is 55.3 Å². The van der Waals surface area contributed by atoms with Crippen LogP contribution >= 0.6 is 0 Å². The third-order valence-electron chi connectivity index (χ3n) is 6.32. The molecule has 1 N–H and O–H groups in total. The van der Waals surface area contributed by atoms with Gasteiger partial charge in [-0.25, -0.2) is 4.98 Å². The molecule has 0 spiro atoms. The Morgan fingerprint density at radius 3 is 2.12 bits per heavy atom. The van der Waals surface area contributed by atoms with Gasteiger partial charge in [-0.3, -0.25) is 4.79 Å². The summed E-state index contributed by atoms with van der Waals surface area (Å²) in [6.45, 7) is 2.08. The Labute approximate surface area is 197 Å². The minimum absolute atomic E-state index is 0.143. The van der Waals surface area contributed by atoms with E-state index in [4.69, 9.17) is 4.98 Å². The SMILES string of the molecule is Cc1ccc(-c2cc(-c3c(-c4ccccc4)c4ccccc4[nH]c3=O)nc3ccccc23)cc1. The second-order valence-electron chi connectivity index (χ2n) is 8.55. The predicted molar refractivity (Wildman–Crippen MR) is 141 cm³/mol. The van der Waals surface area contributed by atoms with Crippen molar-refractivity contribution in [2.45, 2.75) is 6.92 Å². The van der Waals surface area contributed by atoms with Gasteiger partial charge in [0.2, 0.25) is 0 Å². The van der Waals surface area contributed by atoms with Gasteiger partial charge in [0.05, 0.1) is 16.8 Å². The Balaban J connectivity index is 1.73. The molecule has 0 fully saturated rings. The second kappa shape index (κ2) is 8.13. The van der Waals surface area contributed by atoms with Crippen molar-refractivity contribution in [3.8, 4) is 33.5 Å². The number of rotatable bonds is 3. The molecule has 4 aromatic carbocycles. The number of H-pyrrole nitrogens is 1. The van der Waals surface area contributed by atoms with Crippen molar-refractivity contribution in [3.63, 3.8) is 0 Å². The van der Waals surface area contributed by atoms with Gasteiger partial charge < -0.3 is 4.98 Å². The molecule has 0 saturated carbocycles. The van der Waals surface area contributed by atoms with Crippen LogP contribution < -0.4 is 5.56 Å². The Kier molecular flexibility index (Phi) is 4.81. The molecule has 0 aliphatic carbocycles. The Hall–Kier alpha value is -4.50. The molecular formula is C31H22N2O. The molecule has 0 radical (unpaired) electrons. The average Bonchev–Trinajstić information content (AvgIpc) is 2.88. The molecule has 0 unspecified atom stereocenters. The quantitative estimate of drug-likeness (QED) is 0.313. The van der Waals surface area contributed by atoms with Crippen molar-refractivity contribution in [3.05, 3.63) is 125 Å². The third kappa shape index (κ3) is 3.39. The van der Waals surface area contributed by atoms with E-state index in [1.807, 2.05) is 66.7 Å². The van der Waals surface area contributed by atoms with E-state index in [9.17, 15) is 4.79 Å². The first kappa shape index (κ1) is 20.1. The zero-order valence-electron chi connectivity index (χ0n) is 18.7. The highest BCUT2D eigenvalue weighted by atomic mass is 16.1. The van der Waals surface area contributed by atoms with Gasteiger partial charge in [-0.05, 0) is 41.8 Å². The summed E-state index contributed by atoms with van der Waals surface area (Å²) < 4.78 is 0. The van der Waals surface area contributed by atoms with E-state index in [2.05, 4.69) is 54.4 Å². The largest absolute Gasteiger partial charge is 0.321 e. The van der Waals surface area contributed by atoms with Crippen LogP contribution in [-0.2, 0) is 0 Å². The van der Waals surface area contributed by atoms with Crippen LogP contribution in [0.3, 0.4) is 0 Å². The van der Waals surface area contributed by atoms with Crippen molar-refractivity contribution < 1.29 is 0 Å². The van der Waals surface area contributed by atoms with Crippen molar-refractivity contribution in [2.24, 2.45) is 0 Å². The Morgan fingerprint density at radius 2 is 1.32 bits per heavy atom. The minimum atomic E-state index is -0.143. The van der Waals surface area contributed by atoms with Crippen LogP contribution in [0.1, 0.15) is 5.56 Å². The molecule has 6 aromatic rings. The fourth-order valence-corrected chi connectivity index (χ4v) is 4.67. The van der Waals surface area contributed by atoms with Crippen LogP contribution in [-0.4, -0.2) is 9.97 Å². The molecule has 0 aliphatic rings. The lowest BCUT2D eigenvalue weighted by Gasteiger charge is -2.15. The molecular weight excluding hydrogens is 416 g/mol. The molecule has 0 atom stereocenters. The number of pyridine rings is 2. The summed E-state index contributed by atoms with van der Waals surface area (Å²) in [4.78, 5) is 21.6. The van der Waals surface area contributed by atoms with Gasteiger partial charge in [-0.15, -0.1) is 0 Å². The topological polar surface area (TPSA) is 45.8 Å². The Morgan fingerprint density at radius 1 is 0.647 bits per heavy atom. The number of hydrogen-bond acceptors (Lipinski definition) is 2. The minimum Gasteiger partial charge on any atom is -0.321 e. The maximum Gasteiger partial charge on any atom is 0.258 e. The summed E-state index contributed by atoms with van der Waals surface area (Å²) in [6.07, 6.45) is 0. The number of aryl methyl sites for hydroxylation is 1. The molecule has 3 nitrogen and oxygen atoms in total. The van der Waals surface area contributed by atoms with Crippen LogP contribution in [0.4, 0.5) is 0 Å². The average molecular weight is 439 g/mol. The van der Waals surface area contributed by atoms with E-state index in [1.54, 1.807) is 0 Å². The predicted octanol–water partition coefficient (Wildman–Crippen LogP) is 7.39. The van der Waals surface area contributed by atoms with E-state index in [0.29, 0.717) is 11.3 Å². The normalized spacial score (nSPS) is 11.2. The maximum absolute atomic E-state index is 13.6. The van der Waals surface area contributed by atoms with Crippen molar-refractivity contribution in [2.75, 3.05) is 0 Å². The summed E-state index contributed by atoms with van der Waals surface area (Å²) in [5.74, 6) is 0. The lowest BCUT2D eigenvalue weighted by atomic mass is 9.92. The first-order chi connectivity index (χ1) is 16.7. The fraction of sp³-hybridized carbons (Fsp3) is 0.0323. The number of hydrogen-bond donors (Lipinski definition) is 1. The summed E-state index contributed by atoms with van der Waals surface area (Å²) >= 11 is 0. The lowest BCUT2D eigenvalue weighted by molar-refractivity contribution is 1.28. The number of benzene rings is 4. The Bertz CT molecular complexity index is 1720. The number of nitrogens with zero attached hydrogens (tertiary/aromatic N) is 1. The van der Waals surface area contributed by atoms with Crippen LogP contribution in [0.2, 0.25) is 0 Å². The molecule has 0 bridgehead atoms. The molecule has 0 saturated heterocycles. The smallest absolute Gasteiger partial charge is 0.258 e. The number of nitrogens with one attached hydrogen (secondary N) is 1. The molecule has 0 aliphatic heterocycles. The molecule has 3 heteroatoms. The zero-order valence-corrected chi connectivity index (χ0v) is 18.7. The molecule has 2 aromatic heterocycles. The van der Waals surface area contributed by atoms with E-state index in [1.165, 1.54) is 5.56 Å². The van der Waals surface area contributed by atoms with E-state index < -0.39 is 0 Å². The van der Waals surface area contributed by atoms with Crippen molar-refractivity contribution in [1.29, 1.82) is 0 Å². The fourth-order valence-electron chi connectivity index (χ4n) is 4.67. The molecule has 6 rings (SSSR count). The first-order valence-electron chi connectivity index (χ1n) is 11.4. The number of para-hydroxylation sites is 2. The van der Waals surface area contributed by atoms with E-state index in [0.717, 1.165) is 44.1 Å². The van der Waals surface area contributed by atoms with Gasteiger partial charge in [0.1, 0.15) is 0 Å². The van der Waals surface area contributed by atoms with Crippen molar-refractivity contribution >= 4 is 21.8 Å². The molecule has 162 valence electrons. The van der Waals surface area contributed by atoms with E-state index >= 15 is 0 Å². The van der Waals surface area contributed by atoms with Gasteiger partial charge in [0.25, 0.3) is 5.56 Å². The standard InChI is InChI=1S/C31H22N2O/c1-20-15-17-21(18-16-20)25-19-28(32-26-13-7-5-11-23(25)26)30-29(22-9-3-2-4-10-22)24-12-6-8-14-27(24)33-31(30)34/h2-19H,1H3,(H,33,34). The first-order valence-corrected chi connectivity index (χ1v) is 11.4. The van der Waals surface area contributed by atoms with Crippen LogP contribution in [0.15, 0.2) is 114 Å². The highest BCUT2D eigenvalue weighted by Crippen LogP contribution is 2.37. The number of aromatic amines is 1. The summed E-state index contributed by atoms with van der Waals surface area (Å²) in [5.41, 5.74) is 8.05. The zero-order chi connectivity index (χ0) is 23.1. The monoisotopic (exact) mass is 438 g/mol. The highest BCUT2D eigenvalue weighted by molar-refractivity contribution is 6.03. The third-order valence-corrected chi connectivity index (χ3v) is 6.32. The van der Waals surface area contributed by atoms with Crippen LogP contribution in [0, 0.1) is 6.92 Å². The maximum atomic E-state index is 13.6. The lowest BCUT2D eigenvalue weighted by Crippen LogP contribution is -2.12.